The van der Waals surface area contributed by atoms with E-state index < -0.39 is 0 Å². The van der Waals surface area contributed by atoms with Gasteiger partial charge < -0.3 is 5.11 Å². The Kier molecular flexibility index (Phi) is 6.66. The predicted octanol–water partition coefficient (Wildman–Crippen LogP) is 3.20. The molecule has 5 nitrogen and oxygen atoms in total. The summed E-state index contributed by atoms with van der Waals surface area (Å²) in [5, 5.41) is 12.0. The number of nitrogens with zero attached hydrogens (tertiary/aromatic N) is 2. The number of hydrogen-bond donors (Lipinski definition) is 1. The van der Waals surface area contributed by atoms with E-state index in [4.69, 9.17) is 4.84 Å². The molecule has 1 saturated heterocycles. The molecule has 24 heavy (non-hydrogen) atoms. The van der Waals surface area contributed by atoms with Crippen molar-refractivity contribution in [2.75, 3.05) is 24.8 Å². The molecule has 6 heteroatoms. The van der Waals surface area contributed by atoms with Gasteiger partial charge in [0.05, 0.1) is 6.61 Å². The molecule has 0 aliphatic carbocycles. The van der Waals surface area contributed by atoms with Crippen LogP contribution < -0.4 is 5.06 Å². The number of hydroxylamine groups is 1. The van der Waals surface area contributed by atoms with Gasteiger partial charge in [0, 0.05) is 18.5 Å². The van der Waals surface area contributed by atoms with Gasteiger partial charge in [-0.3, -0.25) is 14.5 Å². The number of carbonyl (C=O) groups excluding carboxylic acids is 1. The van der Waals surface area contributed by atoms with E-state index in [1.807, 2.05) is 12.1 Å². The normalized spacial score (nSPS) is 18.0. The summed E-state index contributed by atoms with van der Waals surface area (Å²) >= 11 is 0. The summed E-state index contributed by atoms with van der Waals surface area (Å²) < 4.78 is 0. The van der Waals surface area contributed by atoms with Gasteiger partial charge in [-0.2, -0.15) is 5.06 Å². The second-order valence-corrected chi connectivity index (χ2v) is 6.19. The van der Waals surface area contributed by atoms with Crippen molar-refractivity contribution in [2.45, 2.75) is 38.6 Å². The molecule has 132 valence electrons. The second kappa shape index (κ2) is 8.51. The summed E-state index contributed by atoms with van der Waals surface area (Å²) in [6.07, 6.45) is 6.33. The molecule has 3 rings (SSSR count). The van der Waals surface area contributed by atoms with Crippen LogP contribution in [0.15, 0.2) is 24.8 Å². The Morgan fingerprint density at radius 1 is 1.21 bits per heavy atom. The molecule has 2 heterocycles. The Morgan fingerprint density at radius 3 is 2.67 bits per heavy atom. The van der Waals surface area contributed by atoms with Gasteiger partial charge in [0.15, 0.2) is 0 Å². The van der Waals surface area contributed by atoms with E-state index in [0.717, 1.165) is 24.2 Å². The fraction of sp³-hybridized carbons (Fsp3) is 0.500. The maximum absolute atomic E-state index is 12.2. The van der Waals surface area contributed by atoms with E-state index in [1.54, 1.807) is 6.08 Å². The molecule has 0 atom stereocenters. The number of rotatable bonds is 5. The molecule has 2 aliphatic heterocycles. The SMILES string of the molecule is C=CCON1C(=O)CCc2ccc(CN3CCCCC3)c(O)c21.Cl. The minimum atomic E-state index is -0.121. The first kappa shape index (κ1) is 18.8. The monoisotopic (exact) mass is 352 g/mol. The summed E-state index contributed by atoms with van der Waals surface area (Å²) in [6.45, 7) is 6.68. The lowest BCUT2D eigenvalue weighted by molar-refractivity contribution is -0.126. The molecular formula is C18H25ClN2O3. The lowest BCUT2D eigenvalue weighted by Gasteiger charge is -2.31. The third kappa shape index (κ3) is 3.91. The number of benzene rings is 1. The van der Waals surface area contributed by atoms with Crippen LogP contribution in [0.25, 0.3) is 0 Å². The Hall–Kier alpha value is -1.56. The second-order valence-electron chi connectivity index (χ2n) is 6.19. The van der Waals surface area contributed by atoms with E-state index in [9.17, 15) is 9.90 Å². The first-order valence-electron chi connectivity index (χ1n) is 8.33. The van der Waals surface area contributed by atoms with Gasteiger partial charge in [-0.25, -0.2) is 0 Å². The molecular weight excluding hydrogens is 328 g/mol. The molecule has 0 unspecified atom stereocenters. The number of aromatic hydroxyl groups is 1. The van der Waals surface area contributed by atoms with E-state index in [1.165, 1.54) is 24.3 Å². The zero-order chi connectivity index (χ0) is 16.2. The van der Waals surface area contributed by atoms with Crippen LogP contribution >= 0.6 is 12.4 Å². The van der Waals surface area contributed by atoms with Gasteiger partial charge in [0.2, 0.25) is 0 Å². The molecule has 0 spiro atoms. The highest BCUT2D eigenvalue weighted by atomic mass is 35.5. The Morgan fingerprint density at radius 2 is 1.96 bits per heavy atom. The van der Waals surface area contributed by atoms with Gasteiger partial charge in [-0.1, -0.05) is 24.6 Å². The summed E-state index contributed by atoms with van der Waals surface area (Å²) in [5.41, 5.74) is 2.32. The summed E-state index contributed by atoms with van der Waals surface area (Å²) in [7, 11) is 0. The maximum Gasteiger partial charge on any atom is 0.251 e. The Balaban J connectivity index is 0.00000208. The minimum absolute atomic E-state index is 0. The molecule has 1 aromatic carbocycles. The van der Waals surface area contributed by atoms with E-state index >= 15 is 0 Å². The molecule has 0 aromatic heterocycles. The first-order valence-corrected chi connectivity index (χ1v) is 8.33. The number of hydrogen-bond acceptors (Lipinski definition) is 4. The molecule has 0 radical (unpaired) electrons. The van der Waals surface area contributed by atoms with Crippen LogP contribution in [-0.2, 0) is 22.6 Å². The van der Waals surface area contributed by atoms with Gasteiger partial charge in [0.25, 0.3) is 5.91 Å². The van der Waals surface area contributed by atoms with Crippen LogP contribution in [0.4, 0.5) is 5.69 Å². The zero-order valence-electron chi connectivity index (χ0n) is 13.9. The minimum Gasteiger partial charge on any atom is -0.505 e. The number of aryl methyl sites for hydroxylation is 1. The topological polar surface area (TPSA) is 53.0 Å². The number of phenolic OH excluding ortho intramolecular Hbond substituents is 1. The number of fused-ring (bicyclic) bond motifs is 1. The quantitative estimate of drug-likeness (QED) is 0.827. The van der Waals surface area contributed by atoms with Crippen molar-refractivity contribution in [1.29, 1.82) is 0 Å². The van der Waals surface area contributed by atoms with Crippen molar-refractivity contribution in [3.8, 4) is 5.75 Å². The highest BCUT2D eigenvalue weighted by Gasteiger charge is 2.29. The molecule has 2 aliphatic rings. The average Bonchev–Trinajstić information content (AvgIpc) is 2.57. The van der Waals surface area contributed by atoms with Gasteiger partial charge in [-0.15, -0.1) is 19.0 Å². The molecule has 0 bridgehead atoms. The summed E-state index contributed by atoms with van der Waals surface area (Å²) in [6, 6.07) is 3.98. The number of anilines is 1. The lowest BCUT2D eigenvalue weighted by Crippen LogP contribution is -2.35. The average molecular weight is 353 g/mol. The number of halogens is 1. The third-order valence-electron chi connectivity index (χ3n) is 4.52. The first-order chi connectivity index (χ1) is 11.2. The summed E-state index contributed by atoms with van der Waals surface area (Å²) in [4.78, 5) is 20.0. The molecule has 1 aromatic rings. The van der Waals surface area contributed by atoms with Crippen molar-refractivity contribution in [3.63, 3.8) is 0 Å². The fourth-order valence-electron chi connectivity index (χ4n) is 3.31. The number of carbonyl (C=O) groups is 1. The van der Waals surface area contributed by atoms with E-state index in [2.05, 4.69) is 11.5 Å². The highest BCUT2D eigenvalue weighted by Crippen LogP contribution is 2.39. The van der Waals surface area contributed by atoms with Crippen molar-refractivity contribution < 1.29 is 14.7 Å². The molecule has 1 fully saturated rings. The smallest absolute Gasteiger partial charge is 0.251 e. The largest absolute Gasteiger partial charge is 0.505 e. The highest BCUT2D eigenvalue weighted by molar-refractivity contribution is 5.96. The fourth-order valence-corrected chi connectivity index (χ4v) is 3.31. The predicted molar refractivity (Wildman–Crippen MR) is 96.4 cm³/mol. The van der Waals surface area contributed by atoms with Crippen molar-refractivity contribution >= 4 is 24.0 Å². The standard InChI is InChI=1S/C18H24N2O3.ClH/c1-2-12-23-20-16(21)9-8-14-6-7-15(18(22)17(14)20)13-19-10-4-3-5-11-19;/h2,6-7,22H,1,3-5,8-13H2;1H. The zero-order valence-corrected chi connectivity index (χ0v) is 14.7. The van der Waals surface area contributed by atoms with Crippen LogP contribution in [-0.4, -0.2) is 35.6 Å². The summed E-state index contributed by atoms with van der Waals surface area (Å²) in [5.74, 6) is 0.0509. The van der Waals surface area contributed by atoms with Crippen LogP contribution in [0.2, 0.25) is 0 Å². The van der Waals surface area contributed by atoms with Gasteiger partial charge >= 0.3 is 0 Å². The lowest BCUT2D eigenvalue weighted by atomic mass is 9.98. The van der Waals surface area contributed by atoms with Crippen molar-refractivity contribution in [3.05, 3.63) is 35.9 Å². The van der Waals surface area contributed by atoms with Crippen LogP contribution in [0.1, 0.15) is 36.8 Å². The maximum atomic E-state index is 12.2. The van der Waals surface area contributed by atoms with Gasteiger partial charge in [-0.05, 0) is 37.9 Å². The number of phenols is 1. The number of amides is 1. The number of likely N-dealkylation sites (tertiary alicyclic amines) is 1. The molecule has 1 N–H and O–H groups in total. The Labute approximate surface area is 149 Å². The van der Waals surface area contributed by atoms with E-state index in [-0.39, 0.29) is 30.7 Å². The third-order valence-corrected chi connectivity index (χ3v) is 4.52. The molecule has 1 amide bonds. The van der Waals surface area contributed by atoms with E-state index in [0.29, 0.717) is 25.1 Å². The van der Waals surface area contributed by atoms with Crippen molar-refractivity contribution in [2.24, 2.45) is 0 Å². The van der Waals surface area contributed by atoms with Crippen LogP contribution in [0.3, 0.4) is 0 Å². The van der Waals surface area contributed by atoms with Crippen molar-refractivity contribution in [1.82, 2.24) is 4.90 Å². The Bertz CT molecular complexity index is 600. The van der Waals surface area contributed by atoms with Crippen LogP contribution in [0.5, 0.6) is 5.75 Å². The number of piperidine rings is 1. The van der Waals surface area contributed by atoms with Crippen LogP contribution in [0, 0.1) is 0 Å². The molecule has 0 saturated carbocycles. The van der Waals surface area contributed by atoms with Gasteiger partial charge in [0.1, 0.15) is 11.4 Å².